The summed E-state index contributed by atoms with van der Waals surface area (Å²) in [5.74, 6) is 1.38. The van der Waals surface area contributed by atoms with Gasteiger partial charge in [0.15, 0.2) is 0 Å². The maximum Gasteiger partial charge on any atom is 0.251 e. The van der Waals surface area contributed by atoms with Gasteiger partial charge in [0.2, 0.25) is 0 Å². The highest BCUT2D eigenvalue weighted by Crippen LogP contribution is 2.28. The van der Waals surface area contributed by atoms with Crippen LogP contribution >= 0.6 is 0 Å². The average Bonchev–Trinajstić information content (AvgIpc) is 2.31. The van der Waals surface area contributed by atoms with Crippen molar-refractivity contribution in [3.05, 3.63) is 29.3 Å². The van der Waals surface area contributed by atoms with Gasteiger partial charge in [-0.2, -0.15) is 0 Å². The van der Waals surface area contributed by atoms with E-state index in [-0.39, 0.29) is 5.91 Å². The molecule has 1 aliphatic carbocycles. The number of carbonyl (C=O) groups excluding carboxylic acids is 1. The molecule has 0 radical (unpaired) electrons. The minimum absolute atomic E-state index is 0.00185. The Labute approximate surface area is 115 Å². The van der Waals surface area contributed by atoms with Gasteiger partial charge in [-0.15, -0.1) is 0 Å². The Morgan fingerprint density at radius 1 is 1.21 bits per heavy atom. The lowest BCUT2D eigenvalue weighted by Crippen LogP contribution is -2.40. The Morgan fingerprint density at radius 2 is 1.84 bits per heavy atom. The lowest BCUT2D eigenvalue weighted by Gasteiger charge is -2.32. The number of anilines is 1. The van der Waals surface area contributed by atoms with E-state index in [1.165, 1.54) is 6.42 Å². The highest BCUT2D eigenvalue weighted by molar-refractivity contribution is 5.95. The van der Waals surface area contributed by atoms with Gasteiger partial charge >= 0.3 is 0 Å². The molecule has 19 heavy (non-hydrogen) atoms. The molecule has 0 aliphatic heterocycles. The summed E-state index contributed by atoms with van der Waals surface area (Å²) in [7, 11) is 0. The monoisotopic (exact) mass is 260 g/mol. The molecule has 1 aromatic carbocycles. The predicted molar refractivity (Wildman–Crippen MR) is 79.0 cm³/mol. The van der Waals surface area contributed by atoms with E-state index in [1.54, 1.807) is 6.07 Å². The predicted octanol–water partition coefficient (Wildman–Crippen LogP) is 3.13. The molecule has 0 heterocycles. The van der Waals surface area contributed by atoms with E-state index in [0.717, 1.165) is 18.4 Å². The van der Waals surface area contributed by atoms with Crippen LogP contribution in [0.2, 0.25) is 0 Å². The molecule has 0 saturated heterocycles. The summed E-state index contributed by atoms with van der Waals surface area (Å²) in [5.41, 5.74) is 8.21. The smallest absolute Gasteiger partial charge is 0.251 e. The van der Waals surface area contributed by atoms with Gasteiger partial charge in [0, 0.05) is 17.3 Å². The number of hydrogen-bond donors (Lipinski definition) is 2. The molecule has 1 saturated carbocycles. The van der Waals surface area contributed by atoms with Gasteiger partial charge in [-0.1, -0.05) is 19.9 Å². The average molecular weight is 260 g/mol. The molecule has 1 fully saturated rings. The van der Waals surface area contributed by atoms with Crippen LogP contribution in [0.3, 0.4) is 0 Å². The Kier molecular flexibility index (Phi) is 4.13. The highest BCUT2D eigenvalue weighted by atomic mass is 16.1. The number of hydrogen-bond acceptors (Lipinski definition) is 2. The molecule has 2 rings (SSSR count). The van der Waals surface area contributed by atoms with E-state index in [4.69, 9.17) is 5.73 Å². The number of amides is 1. The fourth-order valence-corrected chi connectivity index (χ4v) is 3.12. The van der Waals surface area contributed by atoms with Crippen molar-refractivity contribution in [3.63, 3.8) is 0 Å². The van der Waals surface area contributed by atoms with Crippen LogP contribution in [0.15, 0.2) is 18.2 Å². The molecule has 0 bridgehead atoms. The van der Waals surface area contributed by atoms with Crippen molar-refractivity contribution in [1.29, 1.82) is 0 Å². The SMILES string of the molecule is Cc1ccc(C(=O)NC2CC(C)CC(C)C2)cc1N. The highest BCUT2D eigenvalue weighted by Gasteiger charge is 2.25. The minimum Gasteiger partial charge on any atom is -0.398 e. The first-order valence-electron chi connectivity index (χ1n) is 7.12. The third kappa shape index (κ3) is 3.49. The first-order valence-corrected chi connectivity index (χ1v) is 7.12. The molecule has 1 amide bonds. The van der Waals surface area contributed by atoms with Gasteiger partial charge in [-0.25, -0.2) is 0 Å². The summed E-state index contributed by atoms with van der Waals surface area (Å²) in [6.07, 6.45) is 3.43. The number of nitrogens with two attached hydrogens (primary N) is 1. The topological polar surface area (TPSA) is 55.1 Å². The molecule has 2 unspecified atom stereocenters. The molecule has 3 heteroatoms. The van der Waals surface area contributed by atoms with Gasteiger partial charge in [0.25, 0.3) is 5.91 Å². The van der Waals surface area contributed by atoms with Crippen LogP contribution in [0.25, 0.3) is 0 Å². The van der Waals surface area contributed by atoms with E-state index >= 15 is 0 Å². The second kappa shape index (κ2) is 5.64. The number of aryl methyl sites for hydroxylation is 1. The van der Waals surface area contributed by atoms with Crippen molar-refractivity contribution in [2.24, 2.45) is 11.8 Å². The Balaban J connectivity index is 2.02. The third-order valence-electron chi connectivity index (χ3n) is 4.06. The Bertz CT molecular complexity index is 460. The van der Waals surface area contributed by atoms with Gasteiger partial charge in [-0.05, 0) is 55.7 Å². The zero-order valence-corrected chi connectivity index (χ0v) is 12.1. The van der Waals surface area contributed by atoms with Crippen LogP contribution in [-0.4, -0.2) is 11.9 Å². The quantitative estimate of drug-likeness (QED) is 0.803. The van der Waals surface area contributed by atoms with E-state index in [1.807, 2.05) is 19.1 Å². The van der Waals surface area contributed by atoms with Crippen molar-refractivity contribution in [3.8, 4) is 0 Å². The molecule has 3 nitrogen and oxygen atoms in total. The lowest BCUT2D eigenvalue weighted by molar-refractivity contribution is 0.0911. The van der Waals surface area contributed by atoms with Crippen LogP contribution in [0, 0.1) is 18.8 Å². The van der Waals surface area contributed by atoms with Crippen LogP contribution in [0.1, 0.15) is 49.0 Å². The van der Waals surface area contributed by atoms with Crippen LogP contribution in [0.5, 0.6) is 0 Å². The van der Waals surface area contributed by atoms with Gasteiger partial charge in [0.05, 0.1) is 0 Å². The molecule has 1 aliphatic rings. The first-order chi connectivity index (χ1) is 8.95. The van der Waals surface area contributed by atoms with Crippen molar-refractivity contribution >= 4 is 11.6 Å². The van der Waals surface area contributed by atoms with Crippen LogP contribution in [0.4, 0.5) is 5.69 Å². The third-order valence-corrected chi connectivity index (χ3v) is 4.06. The number of nitrogen functional groups attached to an aromatic ring is 1. The zero-order valence-electron chi connectivity index (χ0n) is 12.1. The Morgan fingerprint density at radius 3 is 2.42 bits per heavy atom. The number of benzene rings is 1. The maximum absolute atomic E-state index is 12.2. The summed E-state index contributed by atoms with van der Waals surface area (Å²) in [6.45, 7) is 6.47. The van der Waals surface area contributed by atoms with Gasteiger partial charge in [-0.3, -0.25) is 4.79 Å². The maximum atomic E-state index is 12.2. The van der Waals surface area contributed by atoms with Crippen LogP contribution in [-0.2, 0) is 0 Å². The molecular formula is C16H24N2O. The van der Waals surface area contributed by atoms with Gasteiger partial charge in [0.1, 0.15) is 0 Å². The fraction of sp³-hybridized carbons (Fsp3) is 0.562. The molecular weight excluding hydrogens is 236 g/mol. The van der Waals surface area contributed by atoms with E-state index in [2.05, 4.69) is 19.2 Å². The lowest BCUT2D eigenvalue weighted by atomic mass is 9.80. The van der Waals surface area contributed by atoms with Crippen molar-refractivity contribution in [1.82, 2.24) is 5.32 Å². The number of carbonyl (C=O) groups is 1. The first kappa shape index (κ1) is 13.9. The van der Waals surface area contributed by atoms with E-state index < -0.39 is 0 Å². The zero-order chi connectivity index (χ0) is 14.0. The van der Waals surface area contributed by atoms with Crippen molar-refractivity contribution in [2.45, 2.75) is 46.1 Å². The second-order valence-corrected chi connectivity index (χ2v) is 6.16. The summed E-state index contributed by atoms with van der Waals surface area (Å²) in [6, 6.07) is 5.81. The normalized spacial score (nSPS) is 27.0. The second-order valence-electron chi connectivity index (χ2n) is 6.16. The summed E-state index contributed by atoms with van der Waals surface area (Å²) in [5, 5.41) is 3.15. The molecule has 3 N–H and O–H groups in total. The summed E-state index contributed by atoms with van der Waals surface area (Å²) < 4.78 is 0. The summed E-state index contributed by atoms with van der Waals surface area (Å²) in [4.78, 5) is 12.2. The minimum atomic E-state index is -0.00185. The van der Waals surface area contributed by atoms with Gasteiger partial charge < -0.3 is 11.1 Å². The molecule has 2 atom stereocenters. The van der Waals surface area contributed by atoms with Crippen molar-refractivity contribution < 1.29 is 4.79 Å². The van der Waals surface area contributed by atoms with E-state index in [0.29, 0.717) is 29.1 Å². The Hall–Kier alpha value is -1.51. The van der Waals surface area contributed by atoms with Crippen LogP contribution < -0.4 is 11.1 Å². The molecule has 0 spiro atoms. The fourth-order valence-electron chi connectivity index (χ4n) is 3.12. The number of nitrogens with one attached hydrogen (secondary N) is 1. The van der Waals surface area contributed by atoms with Crippen molar-refractivity contribution in [2.75, 3.05) is 5.73 Å². The largest absolute Gasteiger partial charge is 0.398 e. The molecule has 104 valence electrons. The molecule has 1 aromatic rings. The number of rotatable bonds is 2. The standard InChI is InChI=1S/C16H24N2O/c1-10-6-11(2)8-14(7-10)18-16(19)13-5-4-12(3)15(17)9-13/h4-5,9-11,14H,6-8,17H2,1-3H3,(H,18,19). The van der Waals surface area contributed by atoms with E-state index in [9.17, 15) is 4.79 Å². The summed E-state index contributed by atoms with van der Waals surface area (Å²) >= 11 is 0. The molecule has 0 aromatic heterocycles.